The Morgan fingerprint density at radius 1 is 1.26 bits per heavy atom. The number of rotatable bonds is 8. The first kappa shape index (κ1) is 23.0. The van der Waals surface area contributed by atoms with Crippen molar-refractivity contribution < 1.29 is 14.3 Å². The molecule has 10 heteroatoms. The van der Waals surface area contributed by atoms with Crippen LogP contribution in [0.2, 0.25) is 10.0 Å². The summed E-state index contributed by atoms with van der Waals surface area (Å²) >= 11 is 17.2. The number of esters is 1. The Morgan fingerprint density at radius 2 is 2.06 bits per heavy atom. The van der Waals surface area contributed by atoms with E-state index in [9.17, 15) is 4.79 Å². The molecule has 0 unspecified atom stereocenters. The molecule has 0 atom stereocenters. The topological polar surface area (TPSA) is 81.5 Å². The summed E-state index contributed by atoms with van der Waals surface area (Å²) in [6.07, 6.45) is 4.43. The van der Waals surface area contributed by atoms with Crippen molar-refractivity contribution in [2.45, 2.75) is 26.2 Å². The number of nitrogens with zero attached hydrogens (tertiary/aromatic N) is 3. The van der Waals surface area contributed by atoms with E-state index in [4.69, 9.17) is 44.9 Å². The van der Waals surface area contributed by atoms with Gasteiger partial charge in [-0.05, 0) is 60.6 Å². The molecule has 7 nitrogen and oxygen atoms in total. The van der Waals surface area contributed by atoms with E-state index in [0.717, 1.165) is 30.7 Å². The zero-order valence-electron chi connectivity index (χ0n) is 16.9. The largest absolute Gasteiger partial charge is 0.493 e. The van der Waals surface area contributed by atoms with Crippen LogP contribution in [0.4, 0.5) is 0 Å². The Balaban J connectivity index is 1.80. The average molecular weight is 479 g/mol. The number of carbonyl (C=O) groups excluding carboxylic acids is 1. The molecule has 1 heterocycles. The van der Waals surface area contributed by atoms with Gasteiger partial charge in [0.25, 0.3) is 0 Å². The molecule has 0 aliphatic rings. The molecular formula is C21H20Cl2N4O3S. The fraction of sp³-hybridized carbons (Fsp3) is 0.238. The molecule has 0 saturated heterocycles. The summed E-state index contributed by atoms with van der Waals surface area (Å²) in [5.41, 5.74) is 0.929. The number of unbranched alkanes of at least 4 members (excludes halogenated alkanes) is 1. The molecule has 0 fully saturated rings. The second kappa shape index (κ2) is 10.6. The SMILES string of the molecule is CCCCc1n[nH]c(=S)n1/N=C\c1ccc(OC(=O)c2ccc(Cl)cc2Cl)c(OC)c1. The smallest absolute Gasteiger partial charge is 0.345 e. The Bertz CT molecular complexity index is 1170. The molecule has 1 N–H and O–H groups in total. The quantitative estimate of drug-likeness (QED) is 0.194. The molecule has 0 aliphatic heterocycles. The Labute approximate surface area is 194 Å². The third-order valence-electron chi connectivity index (χ3n) is 4.34. The highest BCUT2D eigenvalue weighted by Gasteiger charge is 2.16. The van der Waals surface area contributed by atoms with Crippen LogP contribution in [0, 0.1) is 4.77 Å². The van der Waals surface area contributed by atoms with Gasteiger partial charge in [-0.3, -0.25) is 5.10 Å². The Hall–Kier alpha value is -2.68. The number of H-pyrrole nitrogens is 1. The molecule has 2 aromatic carbocycles. The molecule has 3 aromatic rings. The van der Waals surface area contributed by atoms with Crippen LogP contribution in [-0.4, -0.2) is 34.2 Å². The molecule has 1 aromatic heterocycles. The number of ether oxygens (including phenoxy) is 2. The third kappa shape index (κ3) is 5.72. The van der Waals surface area contributed by atoms with Gasteiger partial charge in [-0.15, -0.1) is 0 Å². The van der Waals surface area contributed by atoms with Crippen molar-refractivity contribution in [1.82, 2.24) is 14.9 Å². The van der Waals surface area contributed by atoms with Crippen LogP contribution in [-0.2, 0) is 6.42 Å². The molecule has 0 bridgehead atoms. The van der Waals surface area contributed by atoms with Gasteiger partial charge < -0.3 is 9.47 Å². The van der Waals surface area contributed by atoms with Crippen LogP contribution >= 0.6 is 35.4 Å². The fourth-order valence-corrected chi connectivity index (χ4v) is 3.41. The van der Waals surface area contributed by atoms with Crippen molar-refractivity contribution in [3.63, 3.8) is 0 Å². The number of carbonyl (C=O) groups is 1. The Morgan fingerprint density at radius 3 is 2.77 bits per heavy atom. The van der Waals surface area contributed by atoms with Crippen molar-refractivity contribution in [2.75, 3.05) is 7.11 Å². The number of aryl methyl sites for hydroxylation is 1. The van der Waals surface area contributed by atoms with Gasteiger partial charge in [-0.1, -0.05) is 36.5 Å². The first-order valence-corrected chi connectivity index (χ1v) is 10.6. The second-order valence-corrected chi connectivity index (χ2v) is 7.76. The van der Waals surface area contributed by atoms with Gasteiger partial charge in [0.15, 0.2) is 17.3 Å². The van der Waals surface area contributed by atoms with Crippen molar-refractivity contribution in [3.8, 4) is 11.5 Å². The predicted octanol–water partition coefficient (Wildman–Crippen LogP) is 5.70. The maximum atomic E-state index is 12.5. The summed E-state index contributed by atoms with van der Waals surface area (Å²) in [7, 11) is 1.48. The molecule has 3 rings (SSSR count). The van der Waals surface area contributed by atoms with Gasteiger partial charge in [0, 0.05) is 11.4 Å². The zero-order valence-corrected chi connectivity index (χ0v) is 19.2. The molecule has 31 heavy (non-hydrogen) atoms. The summed E-state index contributed by atoms with van der Waals surface area (Å²) in [4.78, 5) is 12.5. The van der Waals surface area contributed by atoms with Gasteiger partial charge in [0.2, 0.25) is 4.77 Å². The summed E-state index contributed by atoms with van der Waals surface area (Å²) in [5, 5.41) is 12.0. The summed E-state index contributed by atoms with van der Waals surface area (Å²) in [6.45, 7) is 2.11. The van der Waals surface area contributed by atoms with Gasteiger partial charge in [0.05, 0.1) is 23.9 Å². The number of halogens is 2. The summed E-state index contributed by atoms with van der Waals surface area (Å²) < 4.78 is 12.8. The van der Waals surface area contributed by atoms with E-state index in [1.807, 2.05) is 0 Å². The van der Waals surface area contributed by atoms with E-state index in [1.165, 1.54) is 19.2 Å². The minimum absolute atomic E-state index is 0.202. The highest BCUT2D eigenvalue weighted by Crippen LogP contribution is 2.30. The highest BCUT2D eigenvalue weighted by molar-refractivity contribution is 7.71. The normalized spacial score (nSPS) is 11.1. The fourth-order valence-electron chi connectivity index (χ4n) is 2.72. The van der Waals surface area contributed by atoms with Crippen LogP contribution in [0.5, 0.6) is 11.5 Å². The number of nitrogens with one attached hydrogen (secondary N) is 1. The zero-order chi connectivity index (χ0) is 22.4. The summed E-state index contributed by atoms with van der Waals surface area (Å²) in [5.74, 6) is 0.760. The maximum absolute atomic E-state index is 12.5. The monoisotopic (exact) mass is 478 g/mol. The second-order valence-electron chi connectivity index (χ2n) is 6.53. The van der Waals surface area contributed by atoms with E-state index < -0.39 is 5.97 Å². The lowest BCUT2D eigenvalue weighted by Gasteiger charge is -2.10. The van der Waals surface area contributed by atoms with Gasteiger partial charge in [-0.2, -0.15) is 14.9 Å². The summed E-state index contributed by atoms with van der Waals surface area (Å²) in [6, 6.07) is 9.61. The van der Waals surface area contributed by atoms with Crippen LogP contribution in [0.1, 0.15) is 41.5 Å². The first-order chi connectivity index (χ1) is 14.9. The lowest BCUT2D eigenvalue weighted by Crippen LogP contribution is -2.10. The predicted molar refractivity (Wildman–Crippen MR) is 123 cm³/mol. The average Bonchev–Trinajstić information content (AvgIpc) is 3.10. The minimum Gasteiger partial charge on any atom is -0.493 e. The van der Waals surface area contributed by atoms with Crippen molar-refractivity contribution in [1.29, 1.82) is 0 Å². The van der Waals surface area contributed by atoms with E-state index in [1.54, 1.807) is 35.2 Å². The van der Waals surface area contributed by atoms with Crippen LogP contribution in [0.3, 0.4) is 0 Å². The van der Waals surface area contributed by atoms with E-state index >= 15 is 0 Å². The minimum atomic E-state index is -0.619. The molecule has 162 valence electrons. The molecule has 0 spiro atoms. The van der Waals surface area contributed by atoms with Crippen molar-refractivity contribution in [3.05, 3.63) is 68.2 Å². The Kier molecular flexibility index (Phi) is 7.84. The van der Waals surface area contributed by atoms with Gasteiger partial charge in [0.1, 0.15) is 0 Å². The standard InChI is InChI=1S/C21H20Cl2N4O3S/c1-3-4-5-19-25-26-21(31)27(19)24-12-13-6-9-17(18(10-13)29-2)30-20(28)15-8-7-14(22)11-16(15)23/h6-12H,3-5H2,1-2H3,(H,26,31)/b24-12-. The number of aromatic amines is 1. The molecule has 0 saturated carbocycles. The van der Waals surface area contributed by atoms with E-state index in [-0.39, 0.29) is 16.3 Å². The first-order valence-electron chi connectivity index (χ1n) is 9.48. The number of hydrogen-bond acceptors (Lipinski definition) is 6. The highest BCUT2D eigenvalue weighted by atomic mass is 35.5. The van der Waals surface area contributed by atoms with E-state index in [2.05, 4.69) is 22.2 Å². The van der Waals surface area contributed by atoms with Crippen LogP contribution in [0.15, 0.2) is 41.5 Å². The van der Waals surface area contributed by atoms with Crippen LogP contribution < -0.4 is 9.47 Å². The number of methoxy groups -OCH3 is 1. The lowest BCUT2D eigenvalue weighted by atomic mass is 10.2. The number of benzene rings is 2. The van der Waals surface area contributed by atoms with Crippen LogP contribution in [0.25, 0.3) is 0 Å². The third-order valence-corrected chi connectivity index (χ3v) is 5.15. The van der Waals surface area contributed by atoms with Crippen molar-refractivity contribution in [2.24, 2.45) is 5.10 Å². The van der Waals surface area contributed by atoms with E-state index in [0.29, 0.717) is 15.5 Å². The molecule has 0 aliphatic carbocycles. The number of hydrogen-bond donors (Lipinski definition) is 1. The molecule has 0 amide bonds. The lowest BCUT2D eigenvalue weighted by molar-refractivity contribution is 0.0730. The van der Waals surface area contributed by atoms with Crippen molar-refractivity contribution >= 4 is 47.6 Å². The maximum Gasteiger partial charge on any atom is 0.345 e. The van der Waals surface area contributed by atoms with Gasteiger partial charge in [-0.25, -0.2) is 4.79 Å². The molecule has 0 radical (unpaired) electrons. The van der Waals surface area contributed by atoms with Gasteiger partial charge >= 0.3 is 5.97 Å². The molecular weight excluding hydrogens is 459 g/mol. The number of aromatic nitrogens is 3.